The van der Waals surface area contributed by atoms with Gasteiger partial charge in [0.05, 0.1) is 12.2 Å². The summed E-state index contributed by atoms with van der Waals surface area (Å²) in [6.07, 6.45) is -0.931. The first kappa shape index (κ1) is 17.2. The van der Waals surface area contributed by atoms with E-state index in [-0.39, 0.29) is 6.61 Å². The number of aliphatic hydroxyl groups excluding tert-OH is 1. The van der Waals surface area contributed by atoms with Crippen LogP contribution in [0.5, 0.6) is 0 Å². The molecule has 0 fully saturated rings. The Balaban J connectivity index is 1.95. The molecule has 2 aromatic rings. The van der Waals surface area contributed by atoms with E-state index < -0.39 is 18.0 Å². The number of amides is 1. The number of halogens is 1. The molecule has 0 bridgehead atoms. The lowest BCUT2D eigenvalue weighted by atomic mass is 10.1. The lowest BCUT2D eigenvalue weighted by Crippen LogP contribution is -2.30. The van der Waals surface area contributed by atoms with Crippen LogP contribution in [0.1, 0.15) is 22.8 Å². The summed E-state index contributed by atoms with van der Waals surface area (Å²) in [5.41, 5.74) is 1.63. The van der Waals surface area contributed by atoms with Gasteiger partial charge in [-0.25, -0.2) is 4.79 Å². The molecule has 2 N–H and O–H groups in total. The van der Waals surface area contributed by atoms with Crippen LogP contribution < -0.4 is 5.32 Å². The number of hydrogen-bond acceptors (Lipinski definition) is 4. The number of aliphatic hydroxyl groups is 1. The van der Waals surface area contributed by atoms with Crippen molar-refractivity contribution in [1.82, 2.24) is 0 Å². The molecule has 5 nitrogen and oxygen atoms in total. The fraction of sp³-hybridized carbons (Fsp3) is 0.176. The van der Waals surface area contributed by atoms with Crippen molar-refractivity contribution in [1.29, 1.82) is 0 Å². The van der Waals surface area contributed by atoms with Crippen molar-refractivity contribution >= 4 is 33.5 Å². The second-order valence-electron chi connectivity index (χ2n) is 4.90. The first-order valence-corrected chi connectivity index (χ1v) is 7.76. The summed E-state index contributed by atoms with van der Waals surface area (Å²) in [6.45, 7) is 1.41. The number of ether oxygens (including phenoxy) is 1. The Morgan fingerprint density at radius 2 is 1.91 bits per heavy atom. The lowest BCUT2D eigenvalue weighted by Gasteiger charge is -2.14. The number of carbonyl (C=O) groups excluding carboxylic acids is 2. The summed E-state index contributed by atoms with van der Waals surface area (Å²) in [7, 11) is 0. The molecule has 0 radical (unpaired) electrons. The van der Waals surface area contributed by atoms with Crippen LogP contribution in [0.3, 0.4) is 0 Å². The van der Waals surface area contributed by atoms with E-state index in [1.54, 1.807) is 42.5 Å². The zero-order valence-corrected chi connectivity index (χ0v) is 14.0. The topological polar surface area (TPSA) is 75.6 Å². The van der Waals surface area contributed by atoms with Crippen LogP contribution in [0.15, 0.2) is 53.0 Å². The van der Waals surface area contributed by atoms with Crippen molar-refractivity contribution in [2.75, 3.05) is 5.32 Å². The molecule has 0 aliphatic heterocycles. The molecule has 0 aliphatic rings. The SMILES string of the molecule is C[C@@H](OC(=O)c1ccc(CO)cc1)C(=O)Nc1cccc(Br)c1. The predicted octanol–water partition coefficient (Wildman–Crippen LogP) is 3.13. The number of benzene rings is 2. The van der Waals surface area contributed by atoms with E-state index in [2.05, 4.69) is 21.2 Å². The van der Waals surface area contributed by atoms with E-state index in [1.807, 2.05) is 6.07 Å². The molecule has 0 aromatic heterocycles. The molecule has 2 aromatic carbocycles. The Labute approximate surface area is 142 Å². The molecule has 0 aliphatic carbocycles. The third kappa shape index (κ3) is 4.91. The molecule has 0 saturated heterocycles. The van der Waals surface area contributed by atoms with E-state index in [0.29, 0.717) is 16.8 Å². The minimum atomic E-state index is -0.931. The van der Waals surface area contributed by atoms with Crippen LogP contribution in [-0.2, 0) is 16.1 Å². The quantitative estimate of drug-likeness (QED) is 0.784. The molecular formula is C17H16BrNO4. The first-order chi connectivity index (χ1) is 11.0. The second kappa shape index (κ2) is 7.89. The standard InChI is InChI=1S/C17H16BrNO4/c1-11(16(21)19-15-4-2-3-14(18)9-15)23-17(22)13-7-5-12(10-20)6-8-13/h2-9,11,20H,10H2,1H3,(H,19,21)/t11-/m1/s1. The monoisotopic (exact) mass is 377 g/mol. The second-order valence-corrected chi connectivity index (χ2v) is 5.82. The smallest absolute Gasteiger partial charge is 0.338 e. The average Bonchev–Trinajstić information content (AvgIpc) is 2.54. The van der Waals surface area contributed by atoms with Gasteiger partial charge in [-0.15, -0.1) is 0 Å². The van der Waals surface area contributed by atoms with Crippen molar-refractivity contribution in [2.45, 2.75) is 19.6 Å². The Hall–Kier alpha value is -2.18. The molecule has 6 heteroatoms. The Kier molecular flexibility index (Phi) is 5.90. The van der Waals surface area contributed by atoms with E-state index in [0.717, 1.165) is 4.47 Å². The molecule has 1 amide bonds. The normalized spacial score (nSPS) is 11.6. The highest BCUT2D eigenvalue weighted by atomic mass is 79.9. The van der Waals surface area contributed by atoms with Gasteiger partial charge in [-0.2, -0.15) is 0 Å². The Morgan fingerprint density at radius 3 is 2.52 bits per heavy atom. The molecule has 0 heterocycles. The van der Waals surface area contributed by atoms with Crippen LogP contribution in [0.25, 0.3) is 0 Å². The zero-order chi connectivity index (χ0) is 16.8. The lowest BCUT2D eigenvalue weighted by molar-refractivity contribution is -0.123. The van der Waals surface area contributed by atoms with Crippen LogP contribution in [-0.4, -0.2) is 23.1 Å². The summed E-state index contributed by atoms with van der Waals surface area (Å²) in [4.78, 5) is 24.0. The highest BCUT2D eigenvalue weighted by molar-refractivity contribution is 9.10. The summed E-state index contributed by atoms with van der Waals surface area (Å²) >= 11 is 3.32. The van der Waals surface area contributed by atoms with Gasteiger partial charge in [-0.3, -0.25) is 4.79 Å². The Morgan fingerprint density at radius 1 is 1.22 bits per heavy atom. The van der Waals surface area contributed by atoms with Crippen LogP contribution in [0, 0.1) is 0 Å². The molecule has 0 spiro atoms. The predicted molar refractivity (Wildman–Crippen MR) is 90.0 cm³/mol. The average molecular weight is 378 g/mol. The highest BCUT2D eigenvalue weighted by Crippen LogP contribution is 2.16. The zero-order valence-electron chi connectivity index (χ0n) is 12.5. The van der Waals surface area contributed by atoms with Gasteiger partial charge in [-0.1, -0.05) is 34.1 Å². The summed E-state index contributed by atoms with van der Waals surface area (Å²) in [5, 5.41) is 11.7. The number of nitrogens with one attached hydrogen (secondary N) is 1. The fourth-order valence-corrected chi connectivity index (χ4v) is 2.24. The van der Waals surface area contributed by atoms with Gasteiger partial charge >= 0.3 is 5.97 Å². The summed E-state index contributed by atoms with van der Waals surface area (Å²) in [5.74, 6) is -1.00. The van der Waals surface area contributed by atoms with Crippen molar-refractivity contribution < 1.29 is 19.4 Å². The molecule has 0 unspecified atom stereocenters. The number of hydrogen-bond donors (Lipinski definition) is 2. The van der Waals surface area contributed by atoms with Crippen molar-refractivity contribution in [3.05, 3.63) is 64.1 Å². The number of rotatable bonds is 5. The van der Waals surface area contributed by atoms with E-state index in [4.69, 9.17) is 9.84 Å². The third-order valence-corrected chi connectivity index (χ3v) is 3.61. The number of esters is 1. The molecule has 2 rings (SSSR count). The van der Waals surface area contributed by atoms with Crippen molar-refractivity contribution in [2.24, 2.45) is 0 Å². The van der Waals surface area contributed by atoms with Gasteiger partial charge in [0.15, 0.2) is 6.10 Å². The minimum Gasteiger partial charge on any atom is -0.449 e. The maximum absolute atomic E-state index is 12.1. The molecule has 1 atom stereocenters. The molecular weight excluding hydrogens is 362 g/mol. The maximum Gasteiger partial charge on any atom is 0.338 e. The number of anilines is 1. The van der Waals surface area contributed by atoms with E-state index in [9.17, 15) is 9.59 Å². The van der Waals surface area contributed by atoms with Crippen molar-refractivity contribution in [3.63, 3.8) is 0 Å². The van der Waals surface area contributed by atoms with Crippen molar-refractivity contribution in [3.8, 4) is 0 Å². The van der Waals surface area contributed by atoms with Gasteiger partial charge in [0, 0.05) is 10.2 Å². The Bertz CT molecular complexity index is 700. The van der Waals surface area contributed by atoms with Gasteiger partial charge < -0.3 is 15.2 Å². The summed E-state index contributed by atoms with van der Waals surface area (Å²) < 4.78 is 5.99. The first-order valence-electron chi connectivity index (χ1n) is 6.97. The maximum atomic E-state index is 12.1. The van der Waals surface area contributed by atoms with Crippen LogP contribution in [0.2, 0.25) is 0 Å². The van der Waals surface area contributed by atoms with E-state index >= 15 is 0 Å². The molecule has 23 heavy (non-hydrogen) atoms. The minimum absolute atomic E-state index is 0.0965. The largest absolute Gasteiger partial charge is 0.449 e. The highest BCUT2D eigenvalue weighted by Gasteiger charge is 2.19. The van der Waals surface area contributed by atoms with Gasteiger partial charge in [0.2, 0.25) is 0 Å². The fourth-order valence-electron chi connectivity index (χ4n) is 1.84. The van der Waals surface area contributed by atoms with Gasteiger partial charge in [0.25, 0.3) is 5.91 Å². The van der Waals surface area contributed by atoms with Crippen LogP contribution >= 0.6 is 15.9 Å². The van der Waals surface area contributed by atoms with Gasteiger partial charge in [0.1, 0.15) is 0 Å². The van der Waals surface area contributed by atoms with Crippen LogP contribution in [0.4, 0.5) is 5.69 Å². The summed E-state index contributed by atoms with van der Waals surface area (Å²) in [6, 6.07) is 13.5. The van der Waals surface area contributed by atoms with E-state index in [1.165, 1.54) is 6.92 Å². The molecule has 0 saturated carbocycles. The third-order valence-electron chi connectivity index (χ3n) is 3.12. The number of carbonyl (C=O) groups is 2. The molecule has 120 valence electrons. The van der Waals surface area contributed by atoms with Gasteiger partial charge in [-0.05, 0) is 42.8 Å².